The van der Waals surface area contributed by atoms with Gasteiger partial charge in [0.2, 0.25) is 0 Å². The number of amides is 2. The van der Waals surface area contributed by atoms with Crippen LogP contribution in [-0.2, 0) is 20.9 Å². The van der Waals surface area contributed by atoms with Crippen LogP contribution in [0.5, 0.6) is 0 Å². The Morgan fingerprint density at radius 3 is 2.35 bits per heavy atom. The highest BCUT2D eigenvalue weighted by molar-refractivity contribution is 6.35. The second kappa shape index (κ2) is 7.09. The van der Waals surface area contributed by atoms with E-state index in [9.17, 15) is 9.59 Å². The molecule has 2 aromatic rings. The molecule has 0 saturated carbocycles. The summed E-state index contributed by atoms with van der Waals surface area (Å²) in [7, 11) is 0. The highest BCUT2D eigenvalue weighted by Gasteiger charge is 2.41. The van der Waals surface area contributed by atoms with E-state index in [4.69, 9.17) is 4.74 Å². The van der Waals surface area contributed by atoms with Gasteiger partial charge in [0.25, 0.3) is 11.8 Å². The van der Waals surface area contributed by atoms with E-state index in [0.717, 1.165) is 5.56 Å². The third-order valence-corrected chi connectivity index (χ3v) is 4.58. The van der Waals surface area contributed by atoms with Gasteiger partial charge in [-0.2, -0.15) is 0 Å². The second-order valence-electron chi connectivity index (χ2n) is 6.21. The van der Waals surface area contributed by atoms with Gasteiger partial charge in [-0.15, -0.1) is 0 Å². The molecule has 0 unspecified atom stereocenters. The van der Waals surface area contributed by atoms with Crippen molar-refractivity contribution in [3.05, 3.63) is 71.7 Å². The van der Waals surface area contributed by atoms with Crippen molar-refractivity contribution < 1.29 is 14.3 Å². The van der Waals surface area contributed by atoms with Gasteiger partial charge in [-0.3, -0.25) is 19.5 Å². The Bertz CT molecular complexity index is 843. The molecule has 0 atom stereocenters. The van der Waals surface area contributed by atoms with E-state index in [2.05, 4.69) is 4.98 Å². The molecule has 6 heteroatoms. The van der Waals surface area contributed by atoms with Gasteiger partial charge in [0.15, 0.2) is 0 Å². The molecule has 0 bridgehead atoms. The molecule has 132 valence electrons. The van der Waals surface area contributed by atoms with E-state index in [1.165, 1.54) is 4.90 Å². The summed E-state index contributed by atoms with van der Waals surface area (Å²) in [6.45, 7) is 2.47. The van der Waals surface area contributed by atoms with Gasteiger partial charge in [0.1, 0.15) is 5.70 Å². The molecule has 1 fully saturated rings. The zero-order valence-corrected chi connectivity index (χ0v) is 14.3. The minimum Gasteiger partial charge on any atom is -0.378 e. The predicted octanol–water partition coefficient (Wildman–Crippen LogP) is 1.69. The van der Waals surface area contributed by atoms with Crippen LogP contribution >= 0.6 is 0 Å². The van der Waals surface area contributed by atoms with Crippen molar-refractivity contribution in [1.29, 1.82) is 0 Å². The number of morpholine rings is 1. The molecule has 0 radical (unpaired) electrons. The molecule has 2 aliphatic heterocycles. The summed E-state index contributed by atoms with van der Waals surface area (Å²) in [5.41, 5.74) is 2.38. The number of hydrogen-bond donors (Lipinski definition) is 0. The Balaban J connectivity index is 1.73. The highest BCUT2D eigenvalue weighted by Crippen LogP contribution is 2.32. The van der Waals surface area contributed by atoms with Crippen molar-refractivity contribution in [3.63, 3.8) is 0 Å². The molecule has 0 N–H and O–H groups in total. The molecule has 6 nitrogen and oxygen atoms in total. The number of carbonyl (C=O) groups excluding carboxylic acids is 2. The molecule has 26 heavy (non-hydrogen) atoms. The third kappa shape index (κ3) is 2.99. The van der Waals surface area contributed by atoms with Crippen molar-refractivity contribution in [2.45, 2.75) is 6.54 Å². The van der Waals surface area contributed by atoms with E-state index in [-0.39, 0.29) is 18.4 Å². The molecule has 0 spiro atoms. The van der Waals surface area contributed by atoms with Crippen LogP contribution in [0, 0.1) is 0 Å². The van der Waals surface area contributed by atoms with Crippen molar-refractivity contribution in [2.75, 3.05) is 26.3 Å². The van der Waals surface area contributed by atoms with Gasteiger partial charge >= 0.3 is 0 Å². The molecule has 2 aliphatic rings. The molecule has 4 rings (SSSR count). The Labute approximate surface area is 151 Å². The molecule has 2 amide bonds. The Kier molecular flexibility index (Phi) is 4.50. The zero-order chi connectivity index (χ0) is 17.9. The molecule has 3 heterocycles. The fraction of sp³-hybridized carbons (Fsp3) is 0.250. The lowest BCUT2D eigenvalue weighted by Gasteiger charge is -2.29. The minimum absolute atomic E-state index is 0.169. The normalized spacial score (nSPS) is 18.0. The van der Waals surface area contributed by atoms with Crippen molar-refractivity contribution in [1.82, 2.24) is 14.8 Å². The van der Waals surface area contributed by atoms with Gasteiger partial charge in [0, 0.05) is 19.3 Å². The number of imide groups is 1. The third-order valence-electron chi connectivity index (χ3n) is 4.58. The number of hydrogen-bond acceptors (Lipinski definition) is 5. The van der Waals surface area contributed by atoms with Crippen molar-refractivity contribution in [2.24, 2.45) is 0 Å². The lowest BCUT2D eigenvalue weighted by atomic mass is 10.0. The first-order chi connectivity index (χ1) is 12.8. The summed E-state index contributed by atoms with van der Waals surface area (Å²) < 4.78 is 5.40. The standard InChI is InChI=1S/C20H19N3O3/c24-19-17(15-6-2-1-3-7-15)18(22-10-12-26-13-11-22)20(25)23(19)14-16-8-4-5-9-21-16/h1-9H,10-14H2. The van der Waals surface area contributed by atoms with Crippen LogP contribution in [0.25, 0.3) is 5.57 Å². The van der Waals surface area contributed by atoms with Crippen molar-refractivity contribution >= 4 is 17.4 Å². The molecule has 1 aromatic heterocycles. The summed E-state index contributed by atoms with van der Waals surface area (Å²) in [6, 6.07) is 14.8. The summed E-state index contributed by atoms with van der Waals surface area (Å²) in [5, 5.41) is 0. The van der Waals surface area contributed by atoms with E-state index < -0.39 is 0 Å². The largest absolute Gasteiger partial charge is 0.378 e. The van der Waals surface area contributed by atoms with E-state index in [1.54, 1.807) is 6.20 Å². The Hall–Kier alpha value is -2.99. The number of carbonyl (C=O) groups is 2. The fourth-order valence-corrected chi connectivity index (χ4v) is 3.31. The zero-order valence-electron chi connectivity index (χ0n) is 14.3. The average molecular weight is 349 g/mol. The predicted molar refractivity (Wildman–Crippen MR) is 95.5 cm³/mol. The Morgan fingerprint density at radius 2 is 1.65 bits per heavy atom. The highest BCUT2D eigenvalue weighted by atomic mass is 16.5. The van der Waals surface area contributed by atoms with E-state index in [1.807, 2.05) is 53.4 Å². The number of nitrogens with zero attached hydrogens (tertiary/aromatic N) is 3. The van der Waals surface area contributed by atoms with Crippen LogP contribution in [-0.4, -0.2) is 52.9 Å². The van der Waals surface area contributed by atoms with E-state index in [0.29, 0.717) is 43.3 Å². The topological polar surface area (TPSA) is 62.7 Å². The molecular weight excluding hydrogens is 330 g/mol. The number of rotatable bonds is 4. The maximum absolute atomic E-state index is 13.1. The van der Waals surface area contributed by atoms with Crippen LogP contribution < -0.4 is 0 Å². The summed E-state index contributed by atoms with van der Waals surface area (Å²) >= 11 is 0. The first-order valence-electron chi connectivity index (χ1n) is 8.64. The monoisotopic (exact) mass is 349 g/mol. The van der Waals surface area contributed by atoms with Crippen LogP contribution in [0.1, 0.15) is 11.3 Å². The molecule has 1 saturated heterocycles. The number of ether oxygens (including phenoxy) is 1. The Morgan fingerprint density at radius 1 is 0.923 bits per heavy atom. The van der Waals surface area contributed by atoms with Crippen LogP contribution in [0.3, 0.4) is 0 Å². The molecule has 0 aliphatic carbocycles. The fourth-order valence-electron chi connectivity index (χ4n) is 3.31. The van der Waals surface area contributed by atoms with Gasteiger partial charge in [-0.05, 0) is 17.7 Å². The maximum Gasteiger partial charge on any atom is 0.278 e. The number of pyridine rings is 1. The lowest BCUT2D eigenvalue weighted by Crippen LogP contribution is -2.40. The van der Waals surface area contributed by atoms with Gasteiger partial charge in [-0.1, -0.05) is 36.4 Å². The second-order valence-corrected chi connectivity index (χ2v) is 6.21. The van der Waals surface area contributed by atoms with Crippen LogP contribution in [0.15, 0.2) is 60.4 Å². The first-order valence-corrected chi connectivity index (χ1v) is 8.64. The molecule has 1 aromatic carbocycles. The summed E-state index contributed by atoms with van der Waals surface area (Å²) in [6.07, 6.45) is 1.66. The smallest absolute Gasteiger partial charge is 0.278 e. The summed E-state index contributed by atoms with van der Waals surface area (Å²) in [5.74, 6) is -0.533. The summed E-state index contributed by atoms with van der Waals surface area (Å²) in [4.78, 5) is 33.8. The van der Waals surface area contributed by atoms with Gasteiger partial charge in [-0.25, -0.2) is 0 Å². The lowest BCUT2D eigenvalue weighted by molar-refractivity contribution is -0.138. The van der Waals surface area contributed by atoms with Gasteiger partial charge in [0.05, 0.1) is 31.0 Å². The average Bonchev–Trinajstić information content (AvgIpc) is 2.95. The number of benzene rings is 1. The van der Waals surface area contributed by atoms with E-state index >= 15 is 0 Å². The quantitative estimate of drug-likeness (QED) is 0.786. The minimum atomic E-state index is -0.270. The molecular formula is C20H19N3O3. The van der Waals surface area contributed by atoms with Crippen LogP contribution in [0.2, 0.25) is 0 Å². The number of aromatic nitrogens is 1. The van der Waals surface area contributed by atoms with Crippen LogP contribution in [0.4, 0.5) is 0 Å². The SMILES string of the molecule is O=C1C(c2ccccc2)=C(N2CCOCC2)C(=O)N1Cc1ccccn1. The maximum atomic E-state index is 13.1. The first kappa shape index (κ1) is 16.5. The van der Waals surface area contributed by atoms with Gasteiger partial charge < -0.3 is 9.64 Å². The van der Waals surface area contributed by atoms with Crippen molar-refractivity contribution in [3.8, 4) is 0 Å².